The molecule has 14 heteroatoms. The van der Waals surface area contributed by atoms with Gasteiger partial charge in [-0.05, 0) is 46.2 Å². The molecule has 212 valence electrons. The minimum atomic E-state index is -4.01. The number of fused-ring (bicyclic) bond motifs is 1. The highest BCUT2D eigenvalue weighted by Gasteiger charge is 2.38. The van der Waals surface area contributed by atoms with Gasteiger partial charge >= 0.3 is 13.7 Å². The maximum absolute atomic E-state index is 13.8. The molecule has 1 saturated heterocycles. The average molecular weight is 563 g/mol. The van der Waals surface area contributed by atoms with E-state index in [4.69, 9.17) is 29.0 Å². The van der Waals surface area contributed by atoms with Gasteiger partial charge in [0.25, 0.3) is 0 Å². The zero-order valence-electron chi connectivity index (χ0n) is 22.6. The van der Waals surface area contributed by atoms with Crippen LogP contribution < -0.4 is 20.1 Å². The van der Waals surface area contributed by atoms with Crippen LogP contribution in [0.2, 0.25) is 0 Å². The number of anilines is 1. The molecule has 0 radical (unpaired) electrons. The minimum Gasteiger partial charge on any atom is -0.476 e. The molecular weight excluding hydrogens is 527 g/mol. The number of nitrogens with zero attached hydrogens (tertiary/aromatic N) is 4. The number of esters is 1. The lowest BCUT2D eigenvalue weighted by atomic mass is 10.1. The maximum atomic E-state index is 13.8. The number of rotatable bonds is 12. The van der Waals surface area contributed by atoms with Crippen LogP contribution in [0.25, 0.3) is 11.2 Å². The molecule has 4 rings (SSSR count). The van der Waals surface area contributed by atoms with Crippen LogP contribution in [0.15, 0.2) is 36.7 Å². The smallest absolute Gasteiger partial charge is 0.459 e. The van der Waals surface area contributed by atoms with Gasteiger partial charge in [0.15, 0.2) is 11.2 Å². The number of ether oxygens (including phenoxy) is 3. The molecule has 3 aromatic rings. The summed E-state index contributed by atoms with van der Waals surface area (Å²) in [6.45, 7) is 9.21. The summed E-state index contributed by atoms with van der Waals surface area (Å²) in [6.07, 6.45) is 1.01. The van der Waals surface area contributed by atoms with Crippen LogP contribution in [-0.4, -0.2) is 57.0 Å². The molecule has 1 aromatic carbocycles. The monoisotopic (exact) mass is 562 g/mol. The number of hydrogen-bond donors (Lipinski definition) is 2. The first-order chi connectivity index (χ1) is 18.6. The van der Waals surface area contributed by atoms with E-state index in [1.807, 2.05) is 13.8 Å². The number of nitrogens with one attached hydrogen (secondary N) is 1. The largest absolute Gasteiger partial charge is 0.476 e. The maximum Gasteiger partial charge on any atom is 0.459 e. The molecule has 0 bridgehead atoms. The summed E-state index contributed by atoms with van der Waals surface area (Å²) < 4.78 is 44.1. The summed E-state index contributed by atoms with van der Waals surface area (Å²) in [5.74, 6) is 0.150. The minimum absolute atomic E-state index is 0.0325. The number of aromatic nitrogens is 4. The van der Waals surface area contributed by atoms with Gasteiger partial charge in [-0.2, -0.15) is 15.1 Å². The molecule has 1 aliphatic heterocycles. The van der Waals surface area contributed by atoms with E-state index >= 15 is 0 Å². The molecule has 1 unspecified atom stereocenters. The number of hydrogen-bond acceptors (Lipinski definition) is 11. The second-order valence-electron chi connectivity index (χ2n) is 9.54. The highest BCUT2D eigenvalue weighted by molar-refractivity contribution is 7.52. The van der Waals surface area contributed by atoms with Gasteiger partial charge in [-0.1, -0.05) is 25.1 Å². The summed E-state index contributed by atoms with van der Waals surface area (Å²) >= 11 is 0. The van der Waals surface area contributed by atoms with Gasteiger partial charge < -0.3 is 24.5 Å². The number of carbonyl (C=O) groups is 1. The Balaban J connectivity index is 1.48. The van der Waals surface area contributed by atoms with Gasteiger partial charge in [0, 0.05) is 5.92 Å². The number of carbonyl (C=O) groups excluding carboxylic acids is 1. The van der Waals surface area contributed by atoms with Gasteiger partial charge in [0.1, 0.15) is 18.0 Å². The quantitative estimate of drug-likeness (QED) is 0.242. The predicted octanol–water partition coefficient (Wildman–Crippen LogP) is 3.86. The summed E-state index contributed by atoms with van der Waals surface area (Å²) in [5, 5.41) is 2.69. The van der Waals surface area contributed by atoms with Crippen LogP contribution in [0.4, 0.5) is 5.95 Å². The van der Waals surface area contributed by atoms with Crippen LogP contribution in [0.3, 0.4) is 0 Å². The Bertz CT molecular complexity index is 1320. The molecule has 5 atom stereocenters. The molecule has 0 aliphatic carbocycles. The average Bonchev–Trinajstić information content (AvgIpc) is 3.46. The predicted molar refractivity (Wildman–Crippen MR) is 143 cm³/mol. The lowest BCUT2D eigenvalue weighted by Gasteiger charge is -2.24. The molecule has 39 heavy (non-hydrogen) atoms. The van der Waals surface area contributed by atoms with Gasteiger partial charge in [-0.3, -0.25) is 13.9 Å². The van der Waals surface area contributed by atoms with Crippen LogP contribution >= 0.6 is 7.75 Å². The zero-order chi connectivity index (χ0) is 28.2. The van der Waals surface area contributed by atoms with Gasteiger partial charge in [0.2, 0.25) is 11.8 Å². The molecule has 13 nitrogen and oxygen atoms in total. The molecular formula is C25H35N6O7P. The molecule has 3 heterocycles. The van der Waals surface area contributed by atoms with Crippen molar-refractivity contribution in [2.45, 2.75) is 65.5 Å². The summed E-state index contributed by atoms with van der Waals surface area (Å²) in [5.41, 5.74) is 6.87. The van der Waals surface area contributed by atoms with Crippen molar-refractivity contribution in [3.63, 3.8) is 0 Å². The van der Waals surface area contributed by atoms with Crippen LogP contribution in [0.1, 0.15) is 47.3 Å². The molecule has 1 fully saturated rings. The fraction of sp³-hybridized carbons (Fsp3) is 0.520. The SMILES string of the molecule is CCOc1nc(N)nc2c1ncn2[C@@H]1O[C@H](COP(=O)(N[C@H](C)C(=O)OC(C)C)Oc2ccccc2)C[C@@H]1C. The number of imidazole rings is 1. The Labute approximate surface area is 226 Å². The highest BCUT2D eigenvalue weighted by Crippen LogP contribution is 2.46. The lowest BCUT2D eigenvalue weighted by molar-refractivity contribution is -0.149. The van der Waals surface area contributed by atoms with Crippen molar-refractivity contribution in [1.29, 1.82) is 0 Å². The fourth-order valence-electron chi connectivity index (χ4n) is 4.21. The topological polar surface area (TPSA) is 162 Å². The number of benzene rings is 1. The Morgan fingerprint density at radius 1 is 1.26 bits per heavy atom. The first-order valence-corrected chi connectivity index (χ1v) is 14.4. The number of nitrogen functional groups attached to an aromatic ring is 1. The van der Waals surface area contributed by atoms with E-state index in [9.17, 15) is 9.36 Å². The van der Waals surface area contributed by atoms with Gasteiger partial charge in [-0.25, -0.2) is 9.55 Å². The third kappa shape index (κ3) is 7.04. The first-order valence-electron chi connectivity index (χ1n) is 12.8. The molecule has 0 saturated carbocycles. The lowest BCUT2D eigenvalue weighted by Crippen LogP contribution is -2.36. The molecule has 3 N–H and O–H groups in total. The zero-order valence-corrected chi connectivity index (χ0v) is 23.5. The third-order valence-corrected chi connectivity index (χ3v) is 7.52. The number of nitrogens with two attached hydrogens (primary N) is 1. The van der Waals surface area contributed by atoms with Crippen molar-refractivity contribution in [3.8, 4) is 11.6 Å². The highest BCUT2D eigenvalue weighted by atomic mass is 31.2. The van der Waals surface area contributed by atoms with E-state index in [0.717, 1.165) is 0 Å². The Morgan fingerprint density at radius 3 is 2.69 bits per heavy atom. The third-order valence-electron chi connectivity index (χ3n) is 5.87. The van der Waals surface area contributed by atoms with E-state index in [2.05, 4.69) is 20.0 Å². The second-order valence-corrected chi connectivity index (χ2v) is 11.2. The van der Waals surface area contributed by atoms with E-state index < -0.39 is 32.1 Å². The normalized spacial score (nSPS) is 21.5. The fourth-order valence-corrected chi connectivity index (χ4v) is 5.73. The Morgan fingerprint density at radius 2 is 2.00 bits per heavy atom. The Kier molecular flexibility index (Phi) is 9.06. The van der Waals surface area contributed by atoms with Crippen molar-refractivity contribution in [3.05, 3.63) is 36.7 Å². The first kappa shape index (κ1) is 28.8. The molecule has 0 spiro atoms. The summed E-state index contributed by atoms with van der Waals surface area (Å²) in [6, 6.07) is 7.63. The van der Waals surface area contributed by atoms with E-state index in [0.29, 0.717) is 35.8 Å². The van der Waals surface area contributed by atoms with E-state index in [1.54, 1.807) is 55.1 Å². The van der Waals surface area contributed by atoms with Crippen molar-refractivity contribution in [2.75, 3.05) is 18.9 Å². The van der Waals surface area contributed by atoms with Crippen LogP contribution in [0.5, 0.6) is 11.6 Å². The second kappa shape index (κ2) is 12.3. The van der Waals surface area contributed by atoms with Gasteiger partial charge in [-0.15, -0.1) is 0 Å². The van der Waals surface area contributed by atoms with Crippen LogP contribution in [-0.2, 0) is 23.4 Å². The summed E-state index contributed by atoms with van der Waals surface area (Å²) in [7, 11) is -4.01. The van der Waals surface area contributed by atoms with Crippen molar-refractivity contribution in [2.24, 2.45) is 5.92 Å². The van der Waals surface area contributed by atoms with E-state index in [-0.39, 0.29) is 24.6 Å². The molecule has 1 aliphatic rings. The number of para-hydroxylation sites is 1. The summed E-state index contributed by atoms with van der Waals surface area (Å²) in [4.78, 5) is 25.3. The van der Waals surface area contributed by atoms with Crippen molar-refractivity contribution < 1.29 is 32.6 Å². The molecule has 2 aromatic heterocycles. The van der Waals surface area contributed by atoms with Crippen molar-refractivity contribution >= 4 is 30.8 Å². The van der Waals surface area contributed by atoms with Crippen molar-refractivity contribution in [1.82, 2.24) is 24.6 Å². The Hall–Kier alpha value is -3.25. The van der Waals surface area contributed by atoms with Gasteiger partial charge in [0.05, 0.1) is 31.7 Å². The molecule has 0 amide bonds. The standard InChI is InChI=1S/C25H35N6O7P/c1-6-34-22-20-21(28-25(26)29-22)31(14-27-20)23-16(4)12-19(37-23)13-35-39(33,38-18-10-8-7-9-11-18)30-17(5)24(32)36-15(2)3/h7-11,14-17,19,23H,6,12-13H2,1-5H3,(H,30,33)(H2,26,28,29)/t16-,17+,19-,23+,39?/m0/s1. The van der Waals surface area contributed by atoms with E-state index in [1.165, 1.54) is 6.92 Å². The van der Waals surface area contributed by atoms with Crippen LogP contribution in [0, 0.1) is 5.92 Å².